The molecule has 0 bridgehead atoms. The Bertz CT molecular complexity index is 351. The van der Waals surface area contributed by atoms with Gasteiger partial charge in [0.2, 0.25) is 0 Å². The highest BCUT2D eigenvalue weighted by atomic mass is 79.9. The maximum Gasteiger partial charge on any atom is 0.124 e. The Labute approximate surface area is 104 Å². The number of benzene rings is 1. The Balaban J connectivity index is 1.88. The van der Waals surface area contributed by atoms with Crippen LogP contribution in [0.25, 0.3) is 0 Å². The lowest BCUT2D eigenvalue weighted by Gasteiger charge is -2.23. The lowest BCUT2D eigenvalue weighted by atomic mass is 10.00. The third-order valence-corrected chi connectivity index (χ3v) is 3.57. The zero-order valence-corrected chi connectivity index (χ0v) is 10.7. The van der Waals surface area contributed by atoms with Gasteiger partial charge in [-0.1, -0.05) is 0 Å². The van der Waals surface area contributed by atoms with E-state index >= 15 is 0 Å². The molecule has 0 aliphatic carbocycles. The van der Waals surface area contributed by atoms with Crippen molar-refractivity contribution in [3.8, 4) is 0 Å². The molecular weight excluding hydrogens is 271 g/mol. The first-order chi connectivity index (χ1) is 7.75. The van der Waals surface area contributed by atoms with Crippen molar-refractivity contribution in [1.29, 1.82) is 0 Å². The molecule has 0 spiro atoms. The standard InChI is InChI=1S/C12H16BrFN2/c13-11-6-10(14)3-4-12(11)16-8-9-2-1-5-15-7-9/h3-4,6,9,15-16H,1-2,5,7-8H2. The molecule has 1 unspecified atom stereocenters. The number of anilines is 1. The van der Waals surface area contributed by atoms with Crippen LogP contribution in [0.5, 0.6) is 0 Å². The largest absolute Gasteiger partial charge is 0.384 e. The van der Waals surface area contributed by atoms with Gasteiger partial charge >= 0.3 is 0 Å². The molecule has 0 saturated carbocycles. The first-order valence-electron chi connectivity index (χ1n) is 5.65. The van der Waals surface area contributed by atoms with Gasteiger partial charge in [0.05, 0.1) is 0 Å². The van der Waals surface area contributed by atoms with E-state index in [4.69, 9.17) is 0 Å². The van der Waals surface area contributed by atoms with Crippen molar-refractivity contribution in [2.75, 3.05) is 25.0 Å². The fourth-order valence-corrected chi connectivity index (χ4v) is 2.48. The van der Waals surface area contributed by atoms with Crippen molar-refractivity contribution in [1.82, 2.24) is 5.32 Å². The summed E-state index contributed by atoms with van der Waals surface area (Å²) in [7, 11) is 0. The van der Waals surface area contributed by atoms with Crippen molar-refractivity contribution in [3.05, 3.63) is 28.5 Å². The van der Waals surface area contributed by atoms with Crippen molar-refractivity contribution < 1.29 is 4.39 Å². The molecule has 0 aromatic heterocycles. The van der Waals surface area contributed by atoms with E-state index in [-0.39, 0.29) is 5.82 Å². The van der Waals surface area contributed by atoms with Gasteiger partial charge in [0.1, 0.15) is 5.82 Å². The summed E-state index contributed by atoms with van der Waals surface area (Å²) >= 11 is 3.35. The van der Waals surface area contributed by atoms with E-state index in [0.29, 0.717) is 5.92 Å². The number of hydrogen-bond acceptors (Lipinski definition) is 2. The summed E-state index contributed by atoms with van der Waals surface area (Å²) in [5, 5.41) is 6.74. The predicted octanol–water partition coefficient (Wildman–Crippen LogP) is 3.00. The van der Waals surface area contributed by atoms with Gasteiger partial charge < -0.3 is 10.6 Å². The maximum absolute atomic E-state index is 12.9. The number of halogens is 2. The summed E-state index contributed by atoms with van der Waals surface area (Å²) < 4.78 is 13.7. The topological polar surface area (TPSA) is 24.1 Å². The van der Waals surface area contributed by atoms with E-state index < -0.39 is 0 Å². The minimum atomic E-state index is -0.211. The molecule has 2 N–H and O–H groups in total. The van der Waals surface area contributed by atoms with Crippen molar-refractivity contribution in [2.45, 2.75) is 12.8 Å². The van der Waals surface area contributed by atoms with Gasteiger partial charge in [0.25, 0.3) is 0 Å². The molecule has 0 amide bonds. The van der Waals surface area contributed by atoms with Crippen LogP contribution in [-0.4, -0.2) is 19.6 Å². The smallest absolute Gasteiger partial charge is 0.124 e. The molecule has 1 atom stereocenters. The zero-order chi connectivity index (χ0) is 11.4. The number of nitrogens with one attached hydrogen (secondary N) is 2. The SMILES string of the molecule is Fc1ccc(NCC2CCCNC2)c(Br)c1. The first-order valence-corrected chi connectivity index (χ1v) is 6.44. The lowest BCUT2D eigenvalue weighted by Crippen LogP contribution is -2.33. The number of hydrogen-bond donors (Lipinski definition) is 2. The highest BCUT2D eigenvalue weighted by molar-refractivity contribution is 9.10. The van der Waals surface area contributed by atoms with Crippen LogP contribution in [0.15, 0.2) is 22.7 Å². The molecule has 1 aliphatic heterocycles. The zero-order valence-electron chi connectivity index (χ0n) is 9.10. The van der Waals surface area contributed by atoms with E-state index in [9.17, 15) is 4.39 Å². The fraction of sp³-hybridized carbons (Fsp3) is 0.500. The fourth-order valence-electron chi connectivity index (χ4n) is 1.99. The van der Waals surface area contributed by atoms with Gasteiger partial charge in [0.15, 0.2) is 0 Å². The summed E-state index contributed by atoms with van der Waals surface area (Å²) in [5.74, 6) is 0.461. The summed E-state index contributed by atoms with van der Waals surface area (Å²) in [5.41, 5.74) is 0.965. The van der Waals surface area contributed by atoms with Gasteiger partial charge in [-0.15, -0.1) is 0 Å². The molecule has 2 rings (SSSR count). The summed E-state index contributed by atoms with van der Waals surface area (Å²) in [6.07, 6.45) is 2.51. The van der Waals surface area contributed by atoms with Crippen LogP contribution in [0.2, 0.25) is 0 Å². The Morgan fingerprint density at radius 1 is 1.50 bits per heavy atom. The van der Waals surface area contributed by atoms with E-state index in [2.05, 4.69) is 26.6 Å². The van der Waals surface area contributed by atoms with Gasteiger partial charge in [-0.25, -0.2) is 4.39 Å². The number of rotatable bonds is 3. The molecule has 16 heavy (non-hydrogen) atoms. The summed E-state index contributed by atoms with van der Waals surface area (Å²) in [6.45, 7) is 3.15. The van der Waals surface area contributed by atoms with E-state index in [0.717, 1.165) is 29.8 Å². The van der Waals surface area contributed by atoms with Crippen LogP contribution in [-0.2, 0) is 0 Å². The second kappa shape index (κ2) is 5.64. The Hall–Kier alpha value is -0.610. The molecule has 1 heterocycles. The summed E-state index contributed by atoms with van der Waals surface area (Å²) in [4.78, 5) is 0. The third-order valence-electron chi connectivity index (χ3n) is 2.91. The van der Waals surface area contributed by atoms with Crippen LogP contribution in [0.3, 0.4) is 0 Å². The highest BCUT2D eigenvalue weighted by Gasteiger charge is 2.12. The van der Waals surface area contributed by atoms with Crippen molar-refractivity contribution in [2.24, 2.45) is 5.92 Å². The molecule has 1 aliphatic rings. The molecule has 88 valence electrons. The van der Waals surface area contributed by atoms with Gasteiger partial charge in [-0.05, 0) is 66.0 Å². The predicted molar refractivity (Wildman–Crippen MR) is 68.2 cm³/mol. The van der Waals surface area contributed by atoms with Crippen LogP contribution < -0.4 is 10.6 Å². The number of piperidine rings is 1. The molecule has 2 nitrogen and oxygen atoms in total. The summed E-state index contributed by atoms with van der Waals surface area (Å²) in [6, 6.07) is 4.74. The van der Waals surface area contributed by atoms with Crippen LogP contribution in [0.1, 0.15) is 12.8 Å². The third kappa shape index (κ3) is 3.19. The molecule has 0 radical (unpaired) electrons. The quantitative estimate of drug-likeness (QED) is 0.893. The Morgan fingerprint density at radius 2 is 2.38 bits per heavy atom. The van der Waals surface area contributed by atoms with Crippen LogP contribution in [0.4, 0.5) is 10.1 Å². The van der Waals surface area contributed by atoms with Gasteiger partial charge in [-0.2, -0.15) is 0 Å². The molecule has 1 aromatic carbocycles. The van der Waals surface area contributed by atoms with E-state index in [1.165, 1.54) is 25.0 Å². The lowest BCUT2D eigenvalue weighted by molar-refractivity contribution is 0.393. The second-order valence-corrected chi connectivity index (χ2v) is 5.07. The molecular formula is C12H16BrFN2. The monoisotopic (exact) mass is 286 g/mol. The Morgan fingerprint density at radius 3 is 3.06 bits per heavy atom. The van der Waals surface area contributed by atoms with Crippen LogP contribution >= 0.6 is 15.9 Å². The minimum absolute atomic E-state index is 0.211. The molecule has 1 fully saturated rings. The van der Waals surface area contributed by atoms with Crippen molar-refractivity contribution >= 4 is 21.6 Å². The van der Waals surface area contributed by atoms with Crippen molar-refractivity contribution in [3.63, 3.8) is 0 Å². The molecule has 4 heteroatoms. The molecule has 1 aromatic rings. The minimum Gasteiger partial charge on any atom is -0.384 e. The van der Waals surface area contributed by atoms with Gasteiger partial charge in [0, 0.05) is 16.7 Å². The first kappa shape index (κ1) is 11.9. The average molecular weight is 287 g/mol. The van der Waals surface area contributed by atoms with E-state index in [1.807, 2.05) is 0 Å². The van der Waals surface area contributed by atoms with Gasteiger partial charge in [-0.3, -0.25) is 0 Å². The second-order valence-electron chi connectivity index (χ2n) is 4.22. The molecule has 1 saturated heterocycles. The van der Waals surface area contributed by atoms with E-state index in [1.54, 1.807) is 6.07 Å². The average Bonchev–Trinajstić information content (AvgIpc) is 2.29. The normalized spacial score (nSPS) is 20.8. The van der Waals surface area contributed by atoms with Crippen LogP contribution in [0, 0.1) is 11.7 Å². The highest BCUT2D eigenvalue weighted by Crippen LogP contribution is 2.23. The Kier molecular flexibility index (Phi) is 4.18. The maximum atomic E-state index is 12.9.